The molecule has 0 aromatic carbocycles. The van der Waals surface area contributed by atoms with Crippen LogP contribution in [0.2, 0.25) is 0 Å². The van der Waals surface area contributed by atoms with Crippen LogP contribution in [0.15, 0.2) is 0 Å². The molecule has 0 aromatic rings. The van der Waals surface area contributed by atoms with Crippen LogP contribution in [0.5, 0.6) is 0 Å². The van der Waals surface area contributed by atoms with Crippen molar-refractivity contribution >= 4 is 0 Å². The molecule has 0 saturated heterocycles. The molecule has 0 fully saturated rings. The van der Waals surface area contributed by atoms with Gasteiger partial charge < -0.3 is 20.4 Å². The quantitative estimate of drug-likeness (QED) is 0.427. The van der Waals surface area contributed by atoms with Crippen molar-refractivity contribution in [2.24, 2.45) is 0 Å². The molecule has 1 radical (unpaired) electrons. The van der Waals surface area contributed by atoms with Gasteiger partial charge in [0.15, 0.2) is 0 Å². The van der Waals surface area contributed by atoms with Crippen molar-refractivity contribution in [3.63, 3.8) is 0 Å². The molecule has 4 nitrogen and oxygen atoms in total. The molecule has 0 bridgehead atoms. The standard InChI is InChI=1S/3C3H8O.C3H7O.K.Nb/c4*1-3(2)4;;/h3*3-4H,1-2H3;3H,1-2H3;;/q;;;-1;+1;. The van der Waals surface area contributed by atoms with E-state index in [0.29, 0.717) is 0 Å². The Morgan fingerprint density at radius 1 is 0.611 bits per heavy atom. The molecule has 0 atom stereocenters. The van der Waals surface area contributed by atoms with Gasteiger partial charge in [-0.25, -0.2) is 0 Å². The van der Waals surface area contributed by atoms with Gasteiger partial charge in [-0.1, -0.05) is 13.8 Å². The Balaban J connectivity index is -0.0000000257. The van der Waals surface area contributed by atoms with E-state index in [-0.39, 0.29) is 92.1 Å². The van der Waals surface area contributed by atoms with Crippen LogP contribution in [0.1, 0.15) is 55.4 Å². The van der Waals surface area contributed by atoms with Gasteiger partial charge in [-0.15, -0.1) is 6.10 Å². The van der Waals surface area contributed by atoms with E-state index in [0.717, 1.165) is 0 Å². The van der Waals surface area contributed by atoms with Crippen molar-refractivity contribution in [1.29, 1.82) is 0 Å². The molecule has 0 amide bonds. The average Bonchev–Trinajstić information content (AvgIpc) is 1.76. The van der Waals surface area contributed by atoms with Gasteiger partial charge in [0.05, 0.1) is 0 Å². The molecule has 3 N–H and O–H groups in total. The first kappa shape index (κ1) is 36.9. The van der Waals surface area contributed by atoms with Gasteiger partial charge in [0.1, 0.15) is 0 Å². The van der Waals surface area contributed by atoms with Crippen LogP contribution in [0, 0.1) is 0 Å². The first-order valence-electron chi connectivity index (χ1n) is 5.63. The minimum absolute atomic E-state index is 0. The van der Waals surface area contributed by atoms with Crippen molar-refractivity contribution in [1.82, 2.24) is 0 Å². The molecule has 0 unspecified atom stereocenters. The first-order valence-corrected chi connectivity index (χ1v) is 5.63. The largest absolute Gasteiger partial charge is 1.00 e. The minimum Gasteiger partial charge on any atom is -0.852 e. The fourth-order valence-corrected chi connectivity index (χ4v) is 0. The molecular formula is C12H31KNbO4. The smallest absolute Gasteiger partial charge is 0.852 e. The van der Waals surface area contributed by atoms with Gasteiger partial charge in [0.25, 0.3) is 0 Å². The maximum absolute atomic E-state index is 9.53. The third-order valence-corrected chi connectivity index (χ3v) is 0. The predicted molar refractivity (Wildman–Crippen MR) is 67.2 cm³/mol. The van der Waals surface area contributed by atoms with Crippen LogP contribution in [-0.4, -0.2) is 39.7 Å². The van der Waals surface area contributed by atoms with Gasteiger partial charge >= 0.3 is 51.4 Å². The van der Waals surface area contributed by atoms with Crippen LogP contribution in [0.3, 0.4) is 0 Å². The Kier molecular flexibility index (Phi) is 64.7. The second-order valence-corrected chi connectivity index (χ2v) is 4.33. The zero-order chi connectivity index (χ0) is 14.3. The van der Waals surface area contributed by atoms with Gasteiger partial charge in [0.2, 0.25) is 0 Å². The summed E-state index contributed by atoms with van der Waals surface area (Å²) in [5.41, 5.74) is 0. The summed E-state index contributed by atoms with van der Waals surface area (Å²) >= 11 is 0. The average molecular weight is 371 g/mol. The molecule has 0 spiro atoms. The first-order chi connectivity index (χ1) is 6.93. The molecule has 109 valence electrons. The number of aliphatic hydroxyl groups is 3. The third kappa shape index (κ3) is 1100. The number of hydrogen-bond acceptors (Lipinski definition) is 4. The molecular weight excluding hydrogens is 340 g/mol. The summed E-state index contributed by atoms with van der Waals surface area (Å²) in [5, 5.41) is 33.7. The molecule has 0 aliphatic rings. The summed E-state index contributed by atoms with van der Waals surface area (Å²) in [5.74, 6) is 0. The summed E-state index contributed by atoms with van der Waals surface area (Å²) in [4.78, 5) is 0. The van der Waals surface area contributed by atoms with Gasteiger partial charge in [-0.2, -0.15) is 0 Å². The second kappa shape index (κ2) is 31.6. The summed E-state index contributed by atoms with van der Waals surface area (Å²) < 4.78 is 0. The molecule has 0 saturated carbocycles. The number of hydrogen-bond donors (Lipinski definition) is 3. The molecule has 6 heteroatoms. The van der Waals surface area contributed by atoms with Crippen molar-refractivity contribution in [3.8, 4) is 0 Å². The zero-order valence-corrected chi connectivity index (χ0v) is 18.8. The zero-order valence-electron chi connectivity index (χ0n) is 13.5. The van der Waals surface area contributed by atoms with Crippen molar-refractivity contribution in [2.45, 2.75) is 79.8 Å². The molecule has 0 aromatic heterocycles. The van der Waals surface area contributed by atoms with E-state index in [1.54, 1.807) is 55.4 Å². The summed E-state index contributed by atoms with van der Waals surface area (Å²) in [6.07, 6.45) is -0.917. The summed E-state index contributed by atoms with van der Waals surface area (Å²) in [7, 11) is 0. The normalized spacial score (nSPS) is 8.00. The second-order valence-electron chi connectivity index (χ2n) is 4.33. The van der Waals surface area contributed by atoms with E-state index < -0.39 is 6.10 Å². The number of rotatable bonds is 0. The monoisotopic (exact) mass is 371 g/mol. The van der Waals surface area contributed by atoms with Crippen LogP contribution in [-0.2, 0) is 22.4 Å². The third-order valence-electron chi connectivity index (χ3n) is 0. The van der Waals surface area contributed by atoms with Crippen LogP contribution in [0.4, 0.5) is 0 Å². The Morgan fingerprint density at radius 2 is 0.611 bits per heavy atom. The fraction of sp³-hybridized carbons (Fsp3) is 1.00. The van der Waals surface area contributed by atoms with Crippen LogP contribution < -0.4 is 56.5 Å². The van der Waals surface area contributed by atoms with Crippen LogP contribution >= 0.6 is 0 Å². The van der Waals surface area contributed by atoms with Gasteiger partial charge in [-0.05, 0) is 41.5 Å². The maximum atomic E-state index is 9.53. The molecule has 0 aliphatic carbocycles. The van der Waals surface area contributed by atoms with Gasteiger partial charge in [-0.3, -0.25) is 0 Å². The molecule has 0 heterocycles. The predicted octanol–water partition coefficient (Wildman–Crippen LogP) is -2.08. The minimum atomic E-state index is -0.417. The summed E-state index contributed by atoms with van der Waals surface area (Å²) in [6.45, 7) is 13.6. The Labute approximate surface area is 172 Å². The van der Waals surface area contributed by atoms with E-state index in [1.165, 1.54) is 0 Å². The van der Waals surface area contributed by atoms with Gasteiger partial charge in [0, 0.05) is 40.7 Å². The fourth-order valence-electron chi connectivity index (χ4n) is 0. The molecule has 18 heavy (non-hydrogen) atoms. The van der Waals surface area contributed by atoms with Crippen molar-refractivity contribution < 1.29 is 94.2 Å². The molecule has 0 aliphatic heterocycles. The summed E-state index contributed by atoms with van der Waals surface area (Å²) in [6, 6.07) is 0. The van der Waals surface area contributed by atoms with E-state index in [4.69, 9.17) is 15.3 Å². The van der Waals surface area contributed by atoms with Crippen molar-refractivity contribution in [2.75, 3.05) is 0 Å². The Morgan fingerprint density at radius 3 is 0.611 bits per heavy atom. The van der Waals surface area contributed by atoms with Crippen LogP contribution in [0.25, 0.3) is 0 Å². The topological polar surface area (TPSA) is 83.8 Å². The number of aliphatic hydroxyl groups excluding tert-OH is 3. The molecule has 0 rings (SSSR count). The van der Waals surface area contributed by atoms with E-state index in [2.05, 4.69) is 0 Å². The maximum Gasteiger partial charge on any atom is 1.00 e. The van der Waals surface area contributed by atoms with E-state index >= 15 is 0 Å². The Hall–Kier alpha value is 2.22. The van der Waals surface area contributed by atoms with E-state index in [1.807, 2.05) is 0 Å². The Bertz CT molecular complexity index is 67.1. The van der Waals surface area contributed by atoms with E-state index in [9.17, 15) is 5.11 Å². The van der Waals surface area contributed by atoms with Crippen molar-refractivity contribution in [3.05, 3.63) is 0 Å². The SMILES string of the molecule is CC(C)O.CC(C)O.CC(C)O.CC(C)[O-].[K+].[Nb].